The number of fused-ring (bicyclic) bond motifs is 1. The number of nitrogens with one attached hydrogen (secondary N) is 1. The standard InChI is InChI=1S/C22H15ClF3N7O2S/c1-31-6-12-3-19(14(23)4-18(12)30-31)28-20-29-21(34)33(8-13-9-36-10-27-13)22(35)32(20)7-11-2-16(25)17(26)5-15(11)24/h2-6,9-10H,7-8H2,1H3,(H,28,29,34)/i9D,10D. The fraction of sp³-hybridized carbons (Fsp3) is 0.136. The minimum Gasteiger partial charge on any atom is -0.324 e. The van der Waals surface area contributed by atoms with Crippen molar-refractivity contribution < 1.29 is 15.9 Å². The molecule has 0 saturated heterocycles. The Morgan fingerprint density at radius 3 is 2.61 bits per heavy atom. The van der Waals surface area contributed by atoms with Crippen molar-refractivity contribution in [3.63, 3.8) is 0 Å². The summed E-state index contributed by atoms with van der Waals surface area (Å²) in [6.45, 7) is -1.12. The Bertz CT molecular complexity index is 1850. The van der Waals surface area contributed by atoms with Crippen molar-refractivity contribution in [3.8, 4) is 0 Å². The van der Waals surface area contributed by atoms with E-state index in [-0.39, 0.29) is 33.2 Å². The molecule has 0 spiro atoms. The van der Waals surface area contributed by atoms with Gasteiger partial charge in [-0.1, -0.05) is 11.6 Å². The van der Waals surface area contributed by atoms with Crippen LogP contribution in [0.25, 0.3) is 10.9 Å². The second-order valence-corrected chi connectivity index (χ2v) is 8.70. The summed E-state index contributed by atoms with van der Waals surface area (Å²) in [5.41, 5.74) is -1.81. The quantitative estimate of drug-likeness (QED) is 0.333. The number of hydrogen-bond acceptors (Lipinski definition) is 7. The van der Waals surface area contributed by atoms with Gasteiger partial charge in [-0.2, -0.15) is 10.1 Å². The third-order valence-corrected chi connectivity index (χ3v) is 6.06. The molecular weight excluding hydrogens is 519 g/mol. The molecule has 0 amide bonds. The molecule has 3 aromatic heterocycles. The number of thiazole rings is 1. The molecule has 0 aliphatic rings. The van der Waals surface area contributed by atoms with Crippen LogP contribution in [0.3, 0.4) is 0 Å². The molecule has 0 unspecified atom stereocenters. The molecule has 9 nitrogen and oxygen atoms in total. The normalized spacial score (nSPS) is 12.1. The van der Waals surface area contributed by atoms with Crippen LogP contribution >= 0.6 is 22.9 Å². The van der Waals surface area contributed by atoms with Crippen molar-refractivity contribution in [1.82, 2.24) is 28.9 Å². The predicted molar refractivity (Wildman–Crippen MR) is 128 cm³/mol. The second-order valence-electron chi connectivity index (χ2n) is 7.70. The van der Waals surface area contributed by atoms with Gasteiger partial charge in [0.1, 0.15) is 5.82 Å². The highest BCUT2D eigenvalue weighted by Gasteiger charge is 2.19. The Balaban J connectivity index is 1.65. The van der Waals surface area contributed by atoms with Crippen LogP contribution in [0.15, 0.2) is 50.9 Å². The van der Waals surface area contributed by atoms with Crippen LogP contribution in [0, 0.1) is 17.5 Å². The van der Waals surface area contributed by atoms with Gasteiger partial charge in [0, 0.05) is 35.6 Å². The van der Waals surface area contributed by atoms with Gasteiger partial charge < -0.3 is 5.32 Å². The lowest BCUT2D eigenvalue weighted by atomic mass is 10.2. The summed E-state index contributed by atoms with van der Waals surface area (Å²) in [5, 5.41) is 7.76. The predicted octanol–water partition coefficient (Wildman–Crippen LogP) is 3.66. The van der Waals surface area contributed by atoms with E-state index in [4.69, 9.17) is 14.3 Å². The summed E-state index contributed by atoms with van der Waals surface area (Å²) in [6, 6.07) is 4.09. The van der Waals surface area contributed by atoms with Crippen molar-refractivity contribution in [2.24, 2.45) is 7.05 Å². The van der Waals surface area contributed by atoms with Crippen molar-refractivity contribution in [2.75, 3.05) is 5.32 Å². The molecule has 5 aromatic rings. The first-order valence-electron chi connectivity index (χ1n) is 11.2. The van der Waals surface area contributed by atoms with Crippen LogP contribution in [-0.4, -0.2) is 28.9 Å². The van der Waals surface area contributed by atoms with Gasteiger partial charge in [0.05, 0.1) is 43.2 Å². The minimum atomic E-state index is -1.41. The van der Waals surface area contributed by atoms with E-state index in [2.05, 4.69) is 20.4 Å². The van der Waals surface area contributed by atoms with E-state index in [0.717, 1.165) is 15.9 Å². The molecule has 0 fully saturated rings. The van der Waals surface area contributed by atoms with Gasteiger partial charge in [-0.3, -0.25) is 9.25 Å². The molecule has 0 bridgehead atoms. The highest BCUT2D eigenvalue weighted by atomic mass is 35.5. The van der Waals surface area contributed by atoms with E-state index in [1.165, 1.54) is 0 Å². The third-order valence-electron chi connectivity index (χ3n) is 5.22. The van der Waals surface area contributed by atoms with E-state index < -0.39 is 47.5 Å². The lowest BCUT2D eigenvalue weighted by molar-refractivity contribution is 0.485. The first kappa shape index (κ1) is 21.3. The van der Waals surface area contributed by atoms with E-state index in [1.807, 2.05) is 0 Å². The average molecular weight is 536 g/mol. The first-order chi connectivity index (χ1) is 18.0. The zero-order chi connectivity index (χ0) is 27.3. The molecule has 14 heteroatoms. The molecule has 184 valence electrons. The monoisotopic (exact) mass is 535 g/mol. The number of rotatable bonds is 6. The van der Waals surface area contributed by atoms with Gasteiger partial charge in [0.15, 0.2) is 11.6 Å². The second kappa shape index (κ2) is 9.24. The number of benzene rings is 2. The molecule has 2 aromatic carbocycles. The fourth-order valence-electron chi connectivity index (χ4n) is 3.54. The Morgan fingerprint density at radius 2 is 1.86 bits per heavy atom. The molecular formula is C22H15ClF3N7O2S. The molecule has 5 rings (SSSR count). The van der Waals surface area contributed by atoms with Crippen molar-refractivity contribution >= 4 is 45.5 Å². The van der Waals surface area contributed by atoms with Crippen LogP contribution in [-0.2, 0) is 20.1 Å². The maximum absolute atomic E-state index is 14.5. The van der Waals surface area contributed by atoms with Crippen molar-refractivity contribution in [1.29, 1.82) is 0 Å². The minimum absolute atomic E-state index is 0.0164. The first-order valence-corrected chi connectivity index (χ1v) is 11.4. The fourth-order valence-corrected chi connectivity index (χ4v) is 4.18. The number of hydrogen-bond donors (Lipinski definition) is 1. The Labute approximate surface area is 211 Å². The Kier molecular flexibility index (Phi) is 5.47. The molecule has 0 aliphatic heterocycles. The van der Waals surface area contributed by atoms with Crippen LogP contribution in [0.4, 0.5) is 24.8 Å². The maximum Gasteiger partial charge on any atom is 0.355 e. The SMILES string of the molecule is [2H]c1nc(Cn2c(=O)nc(Nc3cc4cn(C)nc4cc3Cl)n(Cc3cc(F)c(F)cc3F)c2=O)c([2H])s1. The number of nitrogens with zero attached hydrogens (tertiary/aromatic N) is 6. The highest BCUT2D eigenvalue weighted by molar-refractivity contribution is 7.07. The van der Waals surface area contributed by atoms with Gasteiger partial charge in [-0.25, -0.2) is 32.3 Å². The summed E-state index contributed by atoms with van der Waals surface area (Å²) < 4.78 is 60.5. The molecule has 3 heterocycles. The van der Waals surface area contributed by atoms with E-state index in [9.17, 15) is 22.8 Å². The summed E-state index contributed by atoms with van der Waals surface area (Å²) in [4.78, 5) is 34.1. The topological polar surface area (TPSA) is 99.6 Å². The van der Waals surface area contributed by atoms with Gasteiger partial charge in [-0.15, -0.1) is 11.3 Å². The Morgan fingerprint density at radius 1 is 1.08 bits per heavy atom. The number of halogens is 4. The van der Waals surface area contributed by atoms with E-state index in [0.29, 0.717) is 27.6 Å². The van der Waals surface area contributed by atoms with Crippen LogP contribution < -0.4 is 16.7 Å². The number of aromatic nitrogens is 6. The number of aryl methyl sites for hydroxylation is 1. The van der Waals surface area contributed by atoms with E-state index >= 15 is 0 Å². The summed E-state index contributed by atoms with van der Waals surface area (Å²) in [7, 11) is 1.71. The van der Waals surface area contributed by atoms with Crippen molar-refractivity contribution in [3.05, 3.63) is 96.0 Å². The molecule has 0 atom stereocenters. The van der Waals surface area contributed by atoms with Crippen LogP contribution in [0.5, 0.6) is 0 Å². The van der Waals surface area contributed by atoms with Crippen LogP contribution in [0.2, 0.25) is 5.02 Å². The smallest absolute Gasteiger partial charge is 0.324 e. The maximum atomic E-state index is 14.5. The van der Waals surface area contributed by atoms with Crippen LogP contribution in [0.1, 0.15) is 14.0 Å². The third kappa shape index (κ3) is 4.50. The molecule has 0 aliphatic carbocycles. The van der Waals surface area contributed by atoms with E-state index in [1.54, 1.807) is 30.1 Å². The molecule has 1 N–H and O–H groups in total. The average Bonchev–Trinajstić information content (AvgIpc) is 3.36. The van der Waals surface area contributed by atoms with Gasteiger partial charge in [0.25, 0.3) is 0 Å². The number of anilines is 2. The van der Waals surface area contributed by atoms with Gasteiger partial charge >= 0.3 is 11.4 Å². The zero-order valence-electron chi connectivity index (χ0n) is 20.2. The van der Waals surface area contributed by atoms with Gasteiger partial charge in [-0.05, 0) is 18.2 Å². The molecule has 36 heavy (non-hydrogen) atoms. The molecule has 0 radical (unpaired) electrons. The highest BCUT2D eigenvalue weighted by Crippen LogP contribution is 2.29. The lowest BCUT2D eigenvalue weighted by Crippen LogP contribution is -2.43. The molecule has 0 saturated carbocycles. The summed E-state index contributed by atoms with van der Waals surface area (Å²) in [5.74, 6) is -4.22. The zero-order valence-corrected chi connectivity index (χ0v) is 19.8. The Hall–Kier alpha value is -3.97. The largest absolute Gasteiger partial charge is 0.355 e. The van der Waals surface area contributed by atoms with Crippen molar-refractivity contribution in [2.45, 2.75) is 13.1 Å². The van der Waals surface area contributed by atoms with Gasteiger partial charge in [0.2, 0.25) is 5.95 Å². The summed E-state index contributed by atoms with van der Waals surface area (Å²) in [6.07, 6.45) is 1.71. The lowest BCUT2D eigenvalue weighted by Gasteiger charge is -2.16. The summed E-state index contributed by atoms with van der Waals surface area (Å²) >= 11 is 7.11.